The second-order valence-electron chi connectivity index (χ2n) is 6.52. The number of pyridine rings is 1. The fourth-order valence-corrected chi connectivity index (χ4v) is 3.64. The summed E-state index contributed by atoms with van der Waals surface area (Å²) in [4.78, 5) is 33.0. The number of piperazine rings is 1. The third-order valence-electron chi connectivity index (χ3n) is 4.93. The van der Waals surface area contributed by atoms with E-state index in [0.717, 1.165) is 24.5 Å². The largest absolute Gasteiger partial charge is 0.353 e. The second-order valence-corrected chi connectivity index (χ2v) is 6.96. The normalized spacial score (nSPS) is 19.3. The molecule has 1 aromatic carbocycles. The van der Waals surface area contributed by atoms with E-state index in [9.17, 15) is 9.59 Å². The summed E-state index contributed by atoms with van der Waals surface area (Å²) in [6.45, 7) is 2.75. The van der Waals surface area contributed by atoms with Crippen LogP contribution in [0.4, 0.5) is 5.82 Å². The van der Waals surface area contributed by atoms with E-state index in [2.05, 4.69) is 15.2 Å². The van der Waals surface area contributed by atoms with E-state index in [4.69, 9.17) is 11.6 Å². The van der Waals surface area contributed by atoms with Gasteiger partial charge in [0.15, 0.2) is 0 Å². The number of anilines is 1. The minimum Gasteiger partial charge on any atom is -0.353 e. The molecule has 7 heteroatoms. The highest BCUT2D eigenvalue weighted by molar-refractivity contribution is 6.30. The lowest BCUT2D eigenvalue weighted by atomic mass is 10.0. The first-order valence-corrected chi connectivity index (χ1v) is 9.03. The SMILES string of the molecule is O=C1N[C@H](CC(=O)N2CCN(c3ccc(Cl)cn3)CC2)c2ccccc21. The molecule has 1 saturated heterocycles. The van der Waals surface area contributed by atoms with Gasteiger partial charge in [0.05, 0.1) is 17.5 Å². The Morgan fingerprint density at radius 1 is 1.15 bits per heavy atom. The standard InChI is InChI=1S/C19H19ClN4O2/c20-13-5-6-17(21-12-13)23-7-9-24(10-8-23)18(25)11-16-14-3-1-2-4-15(14)19(26)22-16/h1-6,12,16H,7-11H2,(H,22,26)/t16-/m1/s1. The molecule has 26 heavy (non-hydrogen) atoms. The second kappa shape index (κ2) is 6.96. The molecule has 134 valence electrons. The molecule has 1 atom stereocenters. The maximum Gasteiger partial charge on any atom is 0.252 e. The molecule has 0 unspecified atom stereocenters. The number of amides is 2. The maximum atomic E-state index is 12.7. The van der Waals surface area contributed by atoms with Crippen LogP contribution in [0.25, 0.3) is 0 Å². The zero-order valence-corrected chi connectivity index (χ0v) is 14.9. The predicted molar refractivity (Wildman–Crippen MR) is 99.3 cm³/mol. The summed E-state index contributed by atoms with van der Waals surface area (Å²) in [7, 11) is 0. The van der Waals surface area contributed by atoms with Crippen LogP contribution in [-0.4, -0.2) is 47.9 Å². The van der Waals surface area contributed by atoms with E-state index >= 15 is 0 Å². The highest BCUT2D eigenvalue weighted by Gasteiger charge is 2.31. The summed E-state index contributed by atoms with van der Waals surface area (Å²) in [5.74, 6) is 0.839. The third-order valence-corrected chi connectivity index (χ3v) is 5.16. The van der Waals surface area contributed by atoms with Crippen molar-refractivity contribution < 1.29 is 9.59 Å². The fourth-order valence-electron chi connectivity index (χ4n) is 3.53. The van der Waals surface area contributed by atoms with Gasteiger partial charge in [0.1, 0.15) is 5.82 Å². The van der Waals surface area contributed by atoms with E-state index < -0.39 is 0 Å². The van der Waals surface area contributed by atoms with Crippen LogP contribution in [0.3, 0.4) is 0 Å². The Morgan fingerprint density at radius 3 is 2.65 bits per heavy atom. The number of benzene rings is 1. The van der Waals surface area contributed by atoms with Gasteiger partial charge in [-0.25, -0.2) is 4.98 Å². The van der Waals surface area contributed by atoms with E-state index in [0.29, 0.717) is 30.1 Å². The number of rotatable bonds is 3. The quantitative estimate of drug-likeness (QED) is 0.900. The zero-order valence-electron chi connectivity index (χ0n) is 14.2. The molecule has 0 bridgehead atoms. The van der Waals surface area contributed by atoms with Crippen LogP contribution >= 0.6 is 11.6 Å². The van der Waals surface area contributed by atoms with Crippen LogP contribution in [0.1, 0.15) is 28.4 Å². The molecule has 1 N–H and O–H groups in total. The Morgan fingerprint density at radius 2 is 1.92 bits per heavy atom. The Balaban J connectivity index is 1.36. The van der Waals surface area contributed by atoms with Crippen LogP contribution in [0.15, 0.2) is 42.6 Å². The molecule has 2 amide bonds. The van der Waals surface area contributed by atoms with Crippen LogP contribution in [0.2, 0.25) is 5.02 Å². The first-order valence-electron chi connectivity index (χ1n) is 8.66. The minimum absolute atomic E-state index is 0.0655. The van der Waals surface area contributed by atoms with Crippen LogP contribution in [0, 0.1) is 0 Å². The van der Waals surface area contributed by atoms with Crippen molar-refractivity contribution in [3.05, 3.63) is 58.7 Å². The Labute approximate surface area is 156 Å². The molecule has 1 aromatic heterocycles. The lowest BCUT2D eigenvalue weighted by Crippen LogP contribution is -2.49. The van der Waals surface area contributed by atoms with E-state index in [1.807, 2.05) is 35.2 Å². The summed E-state index contributed by atoms with van der Waals surface area (Å²) in [6.07, 6.45) is 1.93. The molecule has 0 saturated carbocycles. The third kappa shape index (κ3) is 3.24. The van der Waals surface area contributed by atoms with E-state index in [1.165, 1.54) is 0 Å². The van der Waals surface area contributed by atoms with Gasteiger partial charge in [-0.1, -0.05) is 29.8 Å². The summed E-state index contributed by atoms with van der Waals surface area (Å²) < 4.78 is 0. The highest BCUT2D eigenvalue weighted by Crippen LogP contribution is 2.28. The van der Waals surface area contributed by atoms with E-state index in [-0.39, 0.29) is 17.9 Å². The summed E-state index contributed by atoms with van der Waals surface area (Å²) in [5, 5.41) is 3.52. The number of fused-ring (bicyclic) bond motifs is 1. The number of carbonyl (C=O) groups excluding carboxylic acids is 2. The highest BCUT2D eigenvalue weighted by atomic mass is 35.5. The van der Waals surface area contributed by atoms with Gasteiger partial charge in [0.25, 0.3) is 5.91 Å². The van der Waals surface area contributed by atoms with Gasteiger partial charge >= 0.3 is 0 Å². The molecule has 0 spiro atoms. The van der Waals surface area contributed by atoms with Crippen molar-refractivity contribution in [2.45, 2.75) is 12.5 Å². The molecule has 2 aliphatic heterocycles. The van der Waals surface area contributed by atoms with Crippen LogP contribution in [0.5, 0.6) is 0 Å². The monoisotopic (exact) mass is 370 g/mol. The number of nitrogens with one attached hydrogen (secondary N) is 1. The Kier molecular flexibility index (Phi) is 4.51. The molecule has 2 aromatic rings. The van der Waals surface area contributed by atoms with Gasteiger partial charge < -0.3 is 15.1 Å². The van der Waals surface area contributed by atoms with Crippen molar-refractivity contribution in [1.82, 2.24) is 15.2 Å². The van der Waals surface area contributed by atoms with Gasteiger partial charge in [0.2, 0.25) is 5.91 Å². The van der Waals surface area contributed by atoms with Crippen LogP contribution < -0.4 is 10.2 Å². The number of nitrogens with zero attached hydrogens (tertiary/aromatic N) is 3. The smallest absolute Gasteiger partial charge is 0.252 e. The molecule has 3 heterocycles. The van der Waals surface area contributed by atoms with E-state index in [1.54, 1.807) is 12.3 Å². The lowest BCUT2D eigenvalue weighted by molar-refractivity contribution is -0.132. The molecule has 4 rings (SSSR count). The lowest BCUT2D eigenvalue weighted by Gasteiger charge is -2.35. The van der Waals surface area contributed by atoms with Crippen molar-refractivity contribution in [2.75, 3.05) is 31.1 Å². The summed E-state index contributed by atoms with van der Waals surface area (Å²) in [6, 6.07) is 10.9. The molecular weight excluding hydrogens is 352 g/mol. The average Bonchev–Trinajstić information content (AvgIpc) is 2.98. The summed E-state index contributed by atoms with van der Waals surface area (Å²) in [5.41, 5.74) is 1.58. The van der Waals surface area contributed by atoms with Crippen molar-refractivity contribution in [3.8, 4) is 0 Å². The molecule has 2 aliphatic rings. The summed E-state index contributed by atoms with van der Waals surface area (Å²) >= 11 is 5.88. The first kappa shape index (κ1) is 16.8. The molecule has 0 aliphatic carbocycles. The Bertz CT molecular complexity index is 832. The Hall–Kier alpha value is -2.60. The topological polar surface area (TPSA) is 65.5 Å². The zero-order chi connectivity index (χ0) is 18.1. The first-order chi connectivity index (χ1) is 12.6. The number of halogens is 1. The predicted octanol–water partition coefficient (Wildman–Crippen LogP) is 2.26. The van der Waals surface area contributed by atoms with Gasteiger partial charge in [0, 0.05) is 37.9 Å². The maximum absolute atomic E-state index is 12.7. The van der Waals surface area contributed by atoms with Crippen molar-refractivity contribution in [1.29, 1.82) is 0 Å². The van der Waals surface area contributed by atoms with Gasteiger partial charge in [-0.15, -0.1) is 0 Å². The average molecular weight is 371 g/mol. The molecule has 0 radical (unpaired) electrons. The van der Waals surface area contributed by atoms with Crippen molar-refractivity contribution >= 4 is 29.2 Å². The number of hydrogen-bond acceptors (Lipinski definition) is 4. The van der Waals surface area contributed by atoms with Gasteiger partial charge in [-0.3, -0.25) is 9.59 Å². The van der Waals surface area contributed by atoms with Gasteiger partial charge in [-0.05, 0) is 23.8 Å². The minimum atomic E-state index is -0.234. The van der Waals surface area contributed by atoms with Crippen molar-refractivity contribution in [3.63, 3.8) is 0 Å². The molecule has 6 nitrogen and oxygen atoms in total. The van der Waals surface area contributed by atoms with Gasteiger partial charge in [-0.2, -0.15) is 0 Å². The molecular formula is C19H19ClN4O2. The number of hydrogen-bond donors (Lipinski definition) is 1. The van der Waals surface area contributed by atoms with Crippen molar-refractivity contribution in [2.24, 2.45) is 0 Å². The number of aromatic nitrogens is 1. The van der Waals surface area contributed by atoms with Crippen LogP contribution in [-0.2, 0) is 4.79 Å². The number of carbonyl (C=O) groups is 2. The fraction of sp³-hybridized carbons (Fsp3) is 0.316. The molecule has 1 fully saturated rings.